The molecule has 1 aromatic rings. The molecule has 1 fully saturated rings. The summed E-state index contributed by atoms with van der Waals surface area (Å²) in [5, 5.41) is 0. The van der Waals surface area contributed by atoms with Gasteiger partial charge in [0.05, 0.1) is 6.61 Å². The van der Waals surface area contributed by atoms with Crippen molar-refractivity contribution in [3.63, 3.8) is 0 Å². The van der Waals surface area contributed by atoms with Crippen LogP contribution in [0.25, 0.3) is 6.08 Å². The molecule has 1 aromatic carbocycles. The Morgan fingerprint density at radius 3 is 2.81 bits per heavy atom. The van der Waals surface area contributed by atoms with Gasteiger partial charge in [0.15, 0.2) is 0 Å². The zero-order valence-corrected chi connectivity index (χ0v) is 9.18. The Labute approximate surface area is 94.7 Å². The maximum absolute atomic E-state index is 11.5. The average Bonchev–Trinajstić information content (AvgIpc) is 3.11. The largest absolute Gasteiger partial charge is 0.459 e. The molecule has 0 aromatic heterocycles. The van der Waals surface area contributed by atoms with E-state index in [1.54, 1.807) is 6.92 Å². The van der Waals surface area contributed by atoms with E-state index in [1.165, 1.54) is 0 Å². The first-order valence-electron chi connectivity index (χ1n) is 5.28. The number of hydrogen-bond donors (Lipinski definition) is 0. The number of hydrogen-bond acceptors (Lipinski definition) is 3. The molecule has 0 bridgehead atoms. The maximum Gasteiger partial charge on any atom is 0.333 e. The van der Waals surface area contributed by atoms with Crippen molar-refractivity contribution in [3.05, 3.63) is 41.5 Å². The highest BCUT2D eigenvalue weighted by Crippen LogP contribution is 2.11. The molecule has 0 N–H and O–H groups in total. The Kier molecular flexibility index (Phi) is 3.37. The Morgan fingerprint density at radius 1 is 1.50 bits per heavy atom. The molecular formula is C13H14O3. The van der Waals surface area contributed by atoms with E-state index >= 15 is 0 Å². The zero-order chi connectivity index (χ0) is 11.4. The predicted octanol–water partition coefficient (Wildman–Crippen LogP) is 2.03. The number of esters is 1. The van der Waals surface area contributed by atoms with Crippen LogP contribution in [0, 0.1) is 0 Å². The summed E-state index contributed by atoms with van der Waals surface area (Å²) >= 11 is 0. The first-order chi connectivity index (χ1) is 7.75. The second kappa shape index (κ2) is 4.94. The summed E-state index contributed by atoms with van der Waals surface area (Å²) < 4.78 is 10.0. The van der Waals surface area contributed by atoms with Gasteiger partial charge in [-0.1, -0.05) is 30.3 Å². The third kappa shape index (κ3) is 3.21. The van der Waals surface area contributed by atoms with Gasteiger partial charge >= 0.3 is 5.97 Å². The minimum atomic E-state index is -0.278. The molecule has 2 rings (SSSR count). The van der Waals surface area contributed by atoms with Crippen molar-refractivity contribution < 1.29 is 14.3 Å². The molecule has 1 heterocycles. The molecule has 84 valence electrons. The molecular weight excluding hydrogens is 204 g/mol. The van der Waals surface area contributed by atoms with Gasteiger partial charge in [-0.3, -0.25) is 0 Å². The van der Waals surface area contributed by atoms with Crippen LogP contribution >= 0.6 is 0 Å². The second-order valence-corrected chi connectivity index (χ2v) is 3.79. The summed E-state index contributed by atoms with van der Waals surface area (Å²) in [6, 6.07) is 9.70. The predicted molar refractivity (Wildman–Crippen MR) is 60.8 cm³/mol. The number of epoxide rings is 1. The van der Waals surface area contributed by atoms with Crippen molar-refractivity contribution in [2.75, 3.05) is 13.2 Å². The van der Waals surface area contributed by atoms with Crippen molar-refractivity contribution in [3.8, 4) is 0 Å². The van der Waals surface area contributed by atoms with Gasteiger partial charge in [0.2, 0.25) is 0 Å². The number of carbonyl (C=O) groups excluding carboxylic acids is 1. The molecule has 0 aliphatic carbocycles. The molecule has 3 nitrogen and oxygen atoms in total. The second-order valence-electron chi connectivity index (χ2n) is 3.79. The van der Waals surface area contributed by atoms with Crippen LogP contribution in [0.5, 0.6) is 0 Å². The highest BCUT2D eigenvalue weighted by atomic mass is 16.6. The lowest BCUT2D eigenvalue weighted by atomic mass is 10.1. The topological polar surface area (TPSA) is 38.8 Å². The quantitative estimate of drug-likeness (QED) is 0.441. The Morgan fingerprint density at radius 2 is 2.19 bits per heavy atom. The van der Waals surface area contributed by atoms with Crippen molar-refractivity contribution in [2.24, 2.45) is 0 Å². The normalized spacial score (nSPS) is 19.3. The van der Waals surface area contributed by atoms with E-state index in [2.05, 4.69) is 0 Å². The summed E-state index contributed by atoms with van der Waals surface area (Å²) in [6.45, 7) is 2.82. The monoisotopic (exact) mass is 218 g/mol. The summed E-state index contributed by atoms with van der Waals surface area (Å²) in [6.07, 6.45) is 1.93. The lowest BCUT2D eigenvalue weighted by Crippen LogP contribution is -2.10. The van der Waals surface area contributed by atoms with Crippen LogP contribution in [-0.2, 0) is 14.3 Å². The summed E-state index contributed by atoms with van der Waals surface area (Å²) in [4.78, 5) is 11.5. The van der Waals surface area contributed by atoms with Gasteiger partial charge in [-0.2, -0.15) is 0 Å². The van der Waals surface area contributed by atoms with Crippen molar-refractivity contribution >= 4 is 12.0 Å². The number of ether oxygens (including phenoxy) is 2. The Hall–Kier alpha value is -1.61. The van der Waals surface area contributed by atoms with Gasteiger partial charge in [-0.05, 0) is 18.6 Å². The first kappa shape index (κ1) is 10.9. The lowest BCUT2D eigenvalue weighted by Gasteiger charge is -2.02. The van der Waals surface area contributed by atoms with Crippen molar-refractivity contribution in [1.82, 2.24) is 0 Å². The molecule has 0 radical (unpaired) electrons. The summed E-state index contributed by atoms with van der Waals surface area (Å²) in [7, 11) is 0. The van der Waals surface area contributed by atoms with Crippen LogP contribution < -0.4 is 0 Å². The van der Waals surface area contributed by atoms with Gasteiger partial charge in [0.1, 0.15) is 12.7 Å². The SMILES string of the molecule is C/C(=C\c1ccccc1)C(=O)OCC1CO1. The van der Waals surface area contributed by atoms with Crippen molar-refractivity contribution in [2.45, 2.75) is 13.0 Å². The molecule has 0 spiro atoms. The molecule has 1 aliphatic rings. The van der Waals surface area contributed by atoms with E-state index in [4.69, 9.17) is 9.47 Å². The van der Waals surface area contributed by atoms with Crippen molar-refractivity contribution in [1.29, 1.82) is 0 Å². The molecule has 3 heteroatoms. The van der Waals surface area contributed by atoms with Crippen LogP contribution in [0.3, 0.4) is 0 Å². The van der Waals surface area contributed by atoms with E-state index in [1.807, 2.05) is 36.4 Å². The van der Waals surface area contributed by atoms with E-state index in [0.717, 1.165) is 5.56 Å². The van der Waals surface area contributed by atoms with E-state index in [9.17, 15) is 4.79 Å². The van der Waals surface area contributed by atoms with Crippen LogP contribution in [0.15, 0.2) is 35.9 Å². The molecule has 16 heavy (non-hydrogen) atoms. The van der Waals surface area contributed by atoms with Gasteiger partial charge in [0, 0.05) is 5.57 Å². The molecule has 1 atom stereocenters. The maximum atomic E-state index is 11.5. The Balaban J connectivity index is 1.92. The third-order valence-electron chi connectivity index (χ3n) is 2.31. The van der Waals surface area contributed by atoms with Crippen LogP contribution in [0.2, 0.25) is 0 Å². The fourth-order valence-corrected chi connectivity index (χ4v) is 1.30. The smallest absolute Gasteiger partial charge is 0.333 e. The van der Waals surface area contributed by atoms with Gasteiger partial charge in [-0.15, -0.1) is 0 Å². The fourth-order valence-electron chi connectivity index (χ4n) is 1.30. The average molecular weight is 218 g/mol. The van der Waals surface area contributed by atoms with Crippen LogP contribution in [0.4, 0.5) is 0 Å². The van der Waals surface area contributed by atoms with Gasteiger partial charge in [0.25, 0.3) is 0 Å². The number of carbonyl (C=O) groups is 1. The number of benzene rings is 1. The minimum Gasteiger partial charge on any atom is -0.459 e. The fraction of sp³-hybridized carbons (Fsp3) is 0.308. The zero-order valence-electron chi connectivity index (χ0n) is 9.18. The Bertz CT molecular complexity index is 391. The molecule has 1 saturated heterocycles. The number of rotatable bonds is 4. The minimum absolute atomic E-state index is 0.119. The van der Waals surface area contributed by atoms with Crippen LogP contribution in [-0.4, -0.2) is 25.3 Å². The summed E-state index contributed by atoms with van der Waals surface area (Å²) in [5.41, 5.74) is 1.60. The highest BCUT2D eigenvalue weighted by Gasteiger charge is 2.24. The summed E-state index contributed by atoms with van der Waals surface area (Å²) in [5.74, 6) is -0.278. The van der Waals surface area contributed by atoms with Gasteiger partial charge in [-0.25, -0.2) is 4.79 Å². The molecule has 0 amide bonds. The van der Waals surface area contributed by atoms with E-state index in [-0.39, 0.29) is 12.1 Å². The van der Waals surface area contributed by atoms with Gasteiger partial charge < -0.3 is 9.47 Å². The highest BCUT2D eigenvalue weighted by molar-refractivity contribution is 5.92. The lowest BCUT2D eigenvalue weighted by molar-refractivity contribution is -0.139. The van der Waals surface area contributed by atoms with E-state index in [0.29, 0.717) is 18.8 Å². The third-order valence-corrected chi connectivity index (χ3v) is 2.31. The van der Waals surface area contributed by atoms with E-state index < -0.39 is 0 Å². The first-order valence-corrected chi connectivity index (χ1v) is 5.28. The molecule has 1 aliphatic heterocycles. The standard InChI is InChI=1S/C13H14O3/c1-10(7-11-5-3-2-4-6-11)13(14)16-9-12-8-15-12/h2-7,12H,8-9H2,1H3/b10-7+. The molecule has 0 saturated carbocycles. The molecule has 1 unspecified atom stereocenters. The van der Waals surface area contributed by atoms with Crippen LogP contribution in [0.1, 0.15) is 12.5 Å².